The van der Waals surface area contributed by atoms with E-state index in [0.717, 1.165) is 56.0 Å². The van der Waals surface area contributed by atoms with Gasteiger partial charge in [-0.2, -0.15) is 0 Å². The van der Waals surface area contributed by atoms with Crippen molar-refractivity contribution in [2.75, 3.05) is 38.0 Å². The Morgan fingerprint density at radius 2 is 1.92 bits per heavy atom. The molecule has 1 aromatic rings. The number of amides is 1. The van der Waals surface area contributed by atoms with Crippen molar-refractivity contribution in [2.24, 2.45) is 0 Å². The van der Waals surface area contributed by atoms with Crippen LogP contribution >= 0.6 is 0 Å². The molecule has 2 N–H and O–H groups in total. The normalized spacial score (nSPS) is 15.5. The highest BCUT2D eigenvalue weighted by molar-refractivity contribution is 5.92. The molecule has 0 unspecified atom stereocenters. The van der Waals surface area contributed by atoms with Crippen LogP contribution in [0.25, 0.3) is 0 Å². The summed E-state index contributed by atoms with van der Waals surface area (Å²) in [7, 11) is 0. The molecule has 1 saturated heterocycles. The lowest BCUT2D eigenvalue weighted by molar-refractivity contribution is -0.131. The van der Waals surface area contributed by atoms with Gasteiger partial charge in [0, 0.05) is 32.1 Å². The van der Waals surface area contributed by atoms with E-state index in [1.807, 2.05) is 13.8 Å². The molecule has 25 heavy (non-hydrogen) atoms. The second kappa shape index (κ2) is 9.53. The summed E-state index contributed by atoms with van der Waals surface area (Å²) < 4.78 is 5.12. The van der Waals surface area contributed by atoms with Gasteiger partial charge in [-0.05, 0) is 69.6 Å². The van der Waals surface area contributed by atoms with Gasteiger partial charge in [-0.1, -0.05) is 0 Å². The Morgan fingerprint density at radius 3 is 2.60 bits per heavy atom. The lowest BCUT2D eigenvalue weighted by Crippen LogP contribution is -2.29. The van der Waals surface area contributed by atoms with E-state index < -0.39 is 0 Å². The molecule has 0 spiro atoms. The van der Waals surface area contributed by atoms with Gasteiger partial charge in [-0.15, -0.1) is 0 Å². The first-order chi connectivity index (χ1) is 12.0. The molecule has 1 aliphatic rings. The molecule has 1 aromatic carbocycles. The Hall–Kier alpha value is -1.92. The maximum atomic E-state index is 12.3. The number of nitrogens with zero attached hydrogens (tertiary/aromatic N) is 1. The van der Waals surface area contributed by atoms with Crippen LogP contribution in [-0.2, 0) is 9.59 Å². The predicted octanol–water partition coefficient (Wildman–Crippen LogP) is 2.24. The number of nitrogens with one attached hydrogen (secondary N) is 2. The number of carbonyl (C=O) groups is 2. The zero-order chi connectivity index (χ0) is 18.2. The van der Waals surface area contributed by atoms with E-state index in [2.05, 4.69) is 15.5 Å². The van der Waals surface area contributed by atoms with Crippen molar-refractivity contribution in [1.82, 2.24) is 10.2 Å². The van der Waals surface area contributed by atoms with Crippen LogP contribution in [-0.4, -0.2) is 49.5 Å². The van der Waals surface area contributed by atoms with E-state index in [1.54, 1.807) is 12.1 Å². The molecule has 6 heteroatoms. The SMILES string of the molecule is CC(=O)Oc1cc(C)c(NC(=O)CCCN2CCCNCC2)c(C)c1. The second-order valence-electron chi connectivity index (χ2n) is 6.62. The number of hydrogen-bond donors (Lipinski definition) is 2. The molecular formula is C19H29N3O3. The average molecular weight is 347 g/mol. The summed E-state index contributed by atoms with van der Waals surface area (Å²) in [5.41, 5.74) is 2.59. The van der Waals surface area contributed by atoms with Crippen LogP contribution in [0.1, 0.15) is 37.3 Å². The first-order valence-electron chi connectivity index (χ1n) is 8.98. The summed E-state index contributed by atoms with van der Waals surface area (Å²) in [4.78, 5) is 25.7. The van der Waals surface area contributed by atoms with Gasteiger partial charge in [0.1, 0.15) is 5.75 Å². The molecule has 0 atom stereocenters. The molecule has 1 heterocycles. The molecule has 0 radical (unpaired) electrons. The van der Waals surface area contributed by atoms with Crippen molar-refractivity contribution in [3.05, 3.63) is 23.3 Å². The Labute approximate surface area is 149 Å². The summed E-state index contributed by atoms with van der Waals surface area (Å²) in [5.74, 6) is 0.189. The fourth-order valence-corrected chi connectivity index (χ4v) is 3.14. The van der Waals surface area contributed by atoms with Gasteiger partial charge in [0.2, 0.25) is 5.91 Å². The van der Waals surface area contributed by atoms with Crippen molar-refractivity contribution in [2.45, 2.75) is 40.0 Å². The van der Waals surface area contributed by atoms with Crippen molar-refractivity contribution >= 4 is 17.6 Å². The molecule has 0 aliphatic carbocycles. The third-order valence-corrected chi connectivity index (χ3v) is 4.34. The Balaban J connectivity index is 1.84. The van der Waals surface area contributed by atoms with Crippen LogP contribution < -0.4 is 15.4 Å². The molecule has 1 amide bonds. The van der Waals surface area contributed by atoms with Crippen LogP contribution in [0.4, 0.5) is 5.69 Å². The zero-order valence-electron chi connectivity index (χ0n) is 15.5. The molecule has 0 saturated carbocycles. The smallest absolute Gasteiger partial charge is 0.308 e. The summed E-state index contributed by atoms with van der Waals surface area (Å²) in [6, 6.07) is 3.54. The average Bonchev–Trinajstić information content (AvgIpc) is 2.79. The van der Waals surface area contributed by atoms with Crippen molar-refractivity contribution in [3.8, 4) is 5.75 Å². The Kier molecular flexibility index (Phi) is 7.40. The van der Waals surface area contributed by atoms with Gasteiger partial charge >= 0.3 is 5.97 Å². The number of carbonyl (C=O) groups excluding carboxylic acids is 2. The van der Waals surface area contributed by atoms with Crippen LogP contribution in [0.2, 0.25) is 0 Å². The van der Waals surface area contributed by atoms with E-state index in [-0.39, 0.29) is 11.9 Å². The fourth-order valence-electron chi connectivity index (χ4n) is 3.14. The summed E-state index contributed by atoms with van der Waals surface area (Å²) in [6.07, 6.45) is 2.53. The standard InChI is InChI=1S/C19H29N3O3/c1-14-12-17(25-16(3)23)13-15(2)19(14)21-18(24)6-4-9-22-10-5-7-20-8-11-22/h12-13,20H,4-11H2,1-3H3,(H,21,24). The van der Waals surface area contributed by atoms with Crippen LogP contribution in [0.3, 0.4) is 0 Å². The first kappa shape index (κ1) is 19.4. The third kappa shape index (κ3) is 6.48. The number of rotatable bonds is 6. The summed E-state index contributed by atoms with van der Waals surface area (Å²) in [5, 5.41) is 6.38. The predicted molar refractivity (Wildman–Crippen MR) is 99.0 cm³/mol. The number of benzene rings is 1. The third-order valence-electron chi connectivity index (χ3n) is 4.34. The fraction of sp³-hybridized carbons (Fsp3) is 0.579. The van der Waals surface area contributed by atoms with E-state index in [4.69, 9.17) is 4.74 Å². The van der Waals surface area contributed by atoms with E-state index in [9.17, 15) is 9.59 Å². The molecule has 138 valence electrons. The van der Waals surface area contributed by atoms with Crippen LogP contribution in [0.5, 0.6) is 5.75 Å². The van der Waals surface area contributed by atoms with Gasteiger partial charge in [-0.25, -0.2) is 0 Å². The monoisotopic (exact) mass is 347 g/mol. The van der Waals surface area contributed by atoms with Gasteiger partial charge < -0.3 is 20.3 Å². The van der Waals surface area contributed by atoms with Crippen LogP contribution in [0.15, 0.2) is 12.1 Å². The first-order valence-corrected chi connectivity index (χ1v) is 8.98. The molecule has 0 bridgehead atoms. The van der Waals surface area contributed by atoms with E-state index in [1.165, 1.54) is 13.3 Å². The number of aryl methyl sites for hydroxylation is 2. The van der Waals surface area contributed by atoms with Gasteiger partial charge in [-0.3, -0.25) is 9.59 Å². The highest BCUT2D eigenvalue weighted by Gasteiger charge is 2.12. The van der Waals surface area contributed by atoms with E-state index >= 15 is 0 Å². The highest BCUT2D eigenvalue weighted by Crippen LogP contribution is 2.26. The topological polar surface area (TPSA) is 70.7 Å². The second-order valence-corrected chi connectivity index (χ2v) is 6.62. The summed E-state index contributed by atoms with van der Waals surface area (Å²) in [6.45, 7) is 10.4. The Morgan fingerprint density at radius 1 is 1.20 bits per heavy atom. The van der Waals surface area contributed by atoms with Gasteiger partial charge in [0.05, 0.1) is 0 Å². The number of esters is 1. The number of anilines is 1. The molecule has 1 aliphatic heterocycles. The maximum Gasteiger partial charge on any atom is 0.308 e. The lowest BCUT2D eigenvalue weighted by atomic mass is 10.1. The van der Waals surface area contributed by atoms with Crippen molar-refractivity contribution in [3.63, 3.8) is 0 Å². The largest absolute Gasteiger partial charge is 0.427 e. The summed E-state index contributed by atoms with van der Waals surface area (Å²) >= 11 is 0. The van der Waals surface area contributed by atoms with Crippen molar-refractivity contribution < 1.29 is 14.3 Å². The molecular weight excluding hydrogens is 318 g/mol. The van der Waals surface area contributed by atoms with Gasteiger partial charge in [0.25, 0.3) is 0 Å². The van der Waals surface area contributed by atoms with E-state index in [0.29, 0.717) is 12.2 Å². The highest BCUT2D eigenvalue weighted by atomic mass is 16.5. The minimum atomic E-state index is -0.348. The van der Waals surface area contributed by atoms with Crippen molar-refractivity contribution in [1.29, 1.82) is 0 Å². The minimum absolute atomic E-state index is 0.0272. The maximum absolute atomic E-state index is 12.3. The molecule has 6 nitrogen and oxygen atoms in total. The number of ether oxygens (including phenoxy) is 1. The quantitative estimate of drug-likeness (QED) is 0.610. The lowest BCUT2D eigenvalue weighted by Gasteiger charge is -2.19. The number of hydrogen-bond acceptors (Lipinski definition) is 5. The van der Waals surface area contributed by atoms with Crippen LogP contribution in [0, 0.1) is 13.8 Å². The molecule has 2 rings (SSSR count). The molecule has 0 aromatic heterocycles. The molecule has 1 fully saturated rings. The zero-order valence-corrected chi connectivity index (χ0v) is 15.5. The van der Waals surface area contributed by atoms with Gasteiger partial charge in [0.15, 0.2) is 0 Å². The Bertz CT molecular complexity index is 585. The minimum Gasteiger partial charge on any atom is -0.427 e.